The van der Waals surface area contributed by atoms with E-state index in [0.717, 1.165) is 28.9 Å². The molecule has 1 fully saturated rings. The van der Waals surface area contributed by atoms with Gasteiger partial charge in [0.25, 0.3) is 5.56 Å². The molecule has 9 nitrogen and oxygen atoms in total. The Bertz CT molecular complexity index is 1490. The van der Waals surface area contributed by atoms with Gasteiger partial charge in [-0.3, -0.25) is 14.6 Å². The zero-order chi connectivity index (χ0) is 27.2. The van der Waals surface area contributed by atoms with E-state index in [4.69, 9.17) is 9.47 Å². The normalized spacial score (nSPS) is 13.9. The number of benzene rings is 1. The van der Waals surface area contributed by atoms with Crippen LogP contribution < -0.4 is 20.3 Å². The summed E-state index contributed by atoms with van der Waals surface area (Å²) in [4.78, 5) is 37.5. The molecule has 0 bridgehead atoms. The summed E-state index contributed by atoms with van der Waals surface area (Å²) < 4.78 is 13.0. The van der Waals surface area contributed by atoms with Crippen molar-refractivity contribution in [2.45, 2.75) is 51.5 Å². The number of methoxy groups -OCH3 is 2. The largest absolute Gasteiger partial charge is 0.493 e. The van der Waals surface area contributed by atoms with Gasteiger partial charge in [0, 0.05) is 48.6 Å². The highest BCUT2D eigenvalue weighted by molar-refractivity contribution is 6.02. The molecular weight excluding hydrogens is 494 g/mol. The van der Waals surface area contributed by atoms with E-state index in [1.54, 1.807) is 26.6 Å². The number of H-pyrrole nitrogens is 1. The highest BCUT2D eigenvalue weighted by Gasteiger charge is 2.24. The van der Waals surface area contributed by atoms with Crippen LogP contribution in [0.4, 0.5) is 0 Å². The Morgan fingerprint density at radius 3 is 2.67 bits per heavy atom. The standard InChI is InChI=1S/C30H35N5O4/c1-38-23-13-12-21(16-24(23)39-2)28-26(22-10-6-14-31-18-22)27-29(30(37)34-19-33-27)35(28)15-7-11-25(36)32-17-20-8-4-3-5-9-20/h6,10,12-14,16,18-20H,3-5,7-9,11,15,17H2,1-2H3,(H,32,36)(H,33,34,37). The van der Waals surface area contributed by atoms with Gasteiger partial charge in [-0.2, -0.15) is 0 Å². The van der Waals surface area contributed by atoms with Crippen molar-refractivity contribution in [3.8, 4) is 33.9 Å². The van der Waals surface area contributed by atoms with E-state index in [1.807, 2.05) is 34.9 Å². The first-order valence-corrected chi connectivity index (χ1v) is 13.6. The maximum atomic E-state index is 13.2. The Balaban J connectivity index is 1.52. The fourth-order valence-electron chi connectivity index (χ4n) is 5.61. The van der Waals surface area contributed by atoms with Gasteiger partial charge in [0.05, 0.1) is 26.2 Å². The molecule has 0 aliphatic heterocycles. The lowest BCUT2D eigenvalue weighted by molar-refractivity contribution is -0.121. The van der Waals surface area contributed by atoms with Crippen LogP contribution in [0.2, 0.25) is 0 Å². The molecule has 1 aliphatic carbocycles. The summed E-state index contributed by atoms with van der Waals surface area (Å²) in [6.07, 6.45) is 12.0. The quantitative estimate of drug-likeness (QED) is 0.301. The van der Waals surface area contributed by atoms with Gasteiger partial charge in [-0.15, -0.1) is 0 Å². The molecule has 0 radical (unpaired) electrons. The molecule has 1 aliphatic rings. The molecule has 3 aromatic heterocycles. The summed E-state index contributed by atoms with van der Waals surface area (Å²) in [7, 11) is 3.19. The summed E-state index contributed by atoms with van der Waals surface area (Å²) in [5.74, 6) is 1.81. The zero-order valence-corrected chi connectivity index (χ0v) is 22.5. The molecular formula is C30H35N5O4. The van der Waals surface area contributed by atoms with Crippen molar-refractivity contribution in [3.05, 3.63) is 59.4 Å². The van der Waals surface area contributed by atoms with E-state index in [1.165, 1.54) is 38.4 Å². The lowest BCUT2D eigenvalue weighted by Gasteiger charge is -2.21. The Morgan fingerprint density at radius 1 is 1.10 bits per heavy atom. The van der Waals surface area contributed by atoms with Crippen LogP contribution in [0.5, 0.6) is 11.5 Å². The Kier molecular flexibility index (Phi) is 8.24. The molecule has 1 saturated carbocycles. The van der Waals surface area contributed by atoms with E-state index in [-0.39, 0.29) is 11.5 Å². The van der Waals surface area contributed by atoms with Crippen LogP contribution in [0, 0.1) is 5.92 Å². The molecule has 4 aromatic rings. The van der Waals surface area contributed by atoms with Crippen LogP contribution in [0.1, 0.15) is 44.9 Å². The van der Waals surface area contributed by atoms with Crippen LogP contribution in [0.25, 0.3) is 33.4 Å². The molecule has 204 valence electrons. The number of rotatable bonds is 10. The van der Waals surface area contributed by atoms with Gasteiger partial charge in [0.1, 0.15) is 11.0 Å². The fourth-order valence-corrected chi connectivity index (χ4v) is 5.61. The van der Waals surface area contributed by atoms with Gasteiger partial charge >= 0.3 is 0 Å². The number of hydrogen-bond acceptors (Lipinski definition) is 6. The third kappa shape index (κ3) is 5.67. The van der Waals surface area contributed by atoms with E-state index < -0.39 is 0 Å². The number of carbonyl (C=O) groups is 1. The van der Waals surface area contributed by atoms with E-state index in [9.17, 15) is 9.59 Å². The topological polar surface area (TPSA) is 111 Å². The smallest absolute Gasteiger partial charge is 0.275 e. The van der Waals surface area contributed by atoms with Crippen molar-refractivity contribution < 1.29 is 14.3 Å². The van der Waals surface area contributed by atoms with Crippen molar-refractivity contribution in [2.24, 2.45) is 5.92 Å². The molecule has 2 N–H and O–H groups in total. The minimum absolute atomic E-state index is 0.0456. The van der Waals surface area contributed by atoms with Crippen molar-refractivity contribution in [3.63, 3.8) is 0 Å². The monoisotopic (exact) mass is 529 g/mol. The summed E-state index contributed by atoms with van der Waals surface area (Å²) in [5, 5.41) is 3.13. The Hall–Kier alpha value is -4.14. The SMILES string of the molecule is COc1ccc(-c2c(-c3cccnc3)c3nc[nH]c(=O)c3n2CCCC(=O)NCC2CCCCC2)cc1OC. The molecule has 3 heterocycles. The van der Waals surface area contributed by atoms with E-state index in [0.29, 0.717) is 47.8 Å². The number of nitrogens with zero attached hydrogens (tertiary/aromatic N) is 3. The van der Waals surface area contributed by atoms with Crippen LogP contribution in [0.15, 0.2) is 53.8 Å². The summed E-state index contributed by atoms with van der Waals surface area (Å²) in [5.41, 5.74) is 4.10. The van der Waals surface area contributed by atoms with Crippen molar-refractivity contribution >= 4 is 16.9 Å². The minimum atomic E-state index is -0.237. The first-order chi connectivity index (χ1) is 19.1. The molecule has 0 saturated heterocycles. The van der Waals surface area contributed by atoms with Crippen LogP contribution in [0.3, 0.4) is 0 Å². The number of pyridine rings is 1. The number of hydrogen-bond donors (Lipinski definition) is 2. The number of nitrogens with one attached hydrogen (secondary N) is 2. The number of amides is 1. The van der Waals surface area contributed by atoms with Gasteiger partial charge in [0.2, 0.25) is 5.91 Å². The lowest BCUT2D eigenvalue weighted by Crippen LogP contribution is -2.30. The van der Waals surface area contributed by atoms with Gasteiger partial charge in [-0.1, -0.05) is 25.3 Å². The van der Waals surface area contributed by atoms with Crippen LogP contribution in [-0.2, 0) is 11.3 Å². The van der Waals surface area contributed by atoms with E-state index >= 15 is 0 Å². The Labute approximate surface area is 227 Å². The highest BCUT2D eigenvalue weighted by atomic mass is 16.5. The number of aromatic amines is 1. The number of carbonyl (C=O) groups excluding carboxylic acids is 1. The molecule has 0 spiro atoms. The molecule has 0 atom stereocenters. The fraction of sp³-hybridized carbons (Fsp3) is 0.400. The second kappa shape index (κ2) is 12.1. The third-order valence-corrected chi connectivity index (χ3v) is 7.55. The number of ether oxygens (including phenoxy) is 2. The number of fused-ring (bicyclic) bond motifs is 1. The molecule has 0 unspecified atom stereocenters. The van der Waals surface area contributed by atoms with Crippen molar-refractivity contribution in [1.29, 1.82) is 0 Å². The zero-order valence-electron chi connectivity index (χ0n) is 22.5. The second-order valence-corrected chi connectivity index (χ2v) is 10.0. The maximum Gasteiger partial charge on any atom is 0.275 e. The van der Waals surface area contributed by atoms with E-state index in [2.05, 4.69) is 20.3 Å². The van der Waals surface area contributed by atoms with Gasteiger partial charge in [0.15, 0.2) is 11.5 Å². The van der Waals surface area contributed by atoms with Gasteiger partial charge in [-0.05, 0) is 49.4 Å². The molecule has 9 heteroatoms. The lowest BCUT2D eigenvalue weighted by atomic mass is 9.89. The predicted octanol–water partition coefficient (Wildman–Crippen LogP) is 4.95. The van der Waals surface area contributed by atoms with Crippen LogP contribution in [-0.4, -0.2) is 46.2 Å². The van der Waals surface area contributed by atoms with Crippen LogP contribution >= 0.6 is 0 Å². The highest BCUT2D eigenvalue weighted by Crippen LogP contribution is 2.41. The third-order valence-electron chi connectivity index (χ3n) is 7.55. The predicted molar refractivity (Wildman–Crippen MR) is 151 cm³/mol. The maximum absolute atomic E-state index is 13.2. The van der Waals surface area contributed by atoms with Crippen molar-refractivity contribution in [2.75, 3.05) is 20.8 Å². The molecule has 39 heavy (non-hydrogen) atoms. The van der Waals surface area contributed by atoms with Gasteiger partial charge in [-0.25, -0.2) is 4.98 Å². The average molecular weight is 530 g/mol. The second-order valence-electron chi connectivity index (χ2n) is 10.0. The minimum Gasteiger partial charge on any atom is -0.493 e. The molecule has 1 aromatic carbocycles. The Morgan fingerprint density at radius 2 is 1.92 bits per heavy atom. The summed E-state index contributed by atoms with van der Waals surface area (Å²) in [6, 6.07) is 9.50. The first-order valence-electron chi connectivity index (χ1n) is 13.6. The average Bonchev–Trinajstić information content (AvgIpc) is 3.32. The molecule has 1 amide bonds. The summed E-state index contributed by atoms with van der Waals surface area (Å²) in [6.45, 7) is 1.21. The molecule has 5 rings (SSSR count). The van der Waals surface area contributed by atoms with Gasteiger partial charge < -0.3 is 24.3 Å². The number of aromatic nitrogens is 4. The first kappa shape index (κ1) is 26.5. The summed E-state index contributed by atoms with van der Waals surface area (Å²) >= 11 is 0. The number of aryl methyl sites for hydroxylation is 1. The van der Waals surface area contributed by atoms with Crippen molar-refractivity contribution in [1.82, 2.24) is 24.8 Å².